The number of nitrogens with two attached hydrogens (primary N) is 1. The normalized spacial score (nSPS) is 20.8. The molecule has 9 nitrogen and oxygen atoms in total. The van der Waals surface area contributed by atoms with Gasteiger partial charge in [0.1, 0.15) is 18.1 Å². The lowest BCUT2D eigenvalue weighted by Crippen LogP contribution is -2.55. The first kappa shape index (κ1) is 25.7. The fourth-order valence-corrected chi connectivity index (χ4v) is 4.79. The van der Waals surface area contributed by atoms with Crippen molar-refractivity contribution in [3.05, 3.63) is 35.9 Å². The van der Waals surface area contributed by atoms with Crippen LogP contribution < -0.4 is 16.4 Å². The molecular weight excluding hydrogens is 434 g/mol. The van der Waals surface area contributed by atoms with Crippen LogP contribution in [0, 0.1) is 0 Å². The van der Waals surface area contributed by atoms with E-state index in [1.54, 1.807) is 16.7 Å². The number of carbonyl (C=O) groups is 4. The van der Waals surface area contributed by atoms with Gasteiger partial charge in [0.2, 0.25) is 23.6 Å². The zero-order valence-corrected chi connectivity index (χ0v) is 20.0. The highest BCUT2D eigenvalue weighted by molar-refractivity contribution is 5.94. The first-order chi connectivity index (χ1) is 16.5. The number of nitrogens with zero attached hydrogens (tertiary/aromatic N) is 2. The zero-order valence-electron chi connectivity index (χ0n) is 20.0. The Hall–Kier alpha value is -2.94. The summed E-state index contributed by atoms with van der Waals surface area (Å²) in [5.41, 5.74) is 6.61. The Balaban J connectivity index is 1.63. The second-order valence-electron chi connectivity index (χ2n) is 8.98. The van der Waals surface area contributed by atoms with Crippen LogP contribution in [0.4, 0.5) is 0 Å². The Morgan fingerprint density at radius 2 is 1.71 bits per heavy atom. The molecule has 3 rings (SSSR count). The highest BCUT2D eigenvalue weighted by Crippen LogP contribution is 2.25. The number of benzene rings is 1. The largest absolute Gasteiger partial charge is 0.350 e. The van der Waals surface area contributed by atoms with E-state index in [2.05, 4.69) is 10.6 Å². The summed E-state index contributed by atoms with van der Waals surface area (Å²) in [6.07, 6.45) is 4.03. The lowest BCUT2D eigenvalue weighted by molar-refractivity contribution is -0.146. The minimum absolute atomic E-state index is 0.0343. The van der Waals surface area contributed by atoms with E-state index in [0.717, 1.165) is 12.0 Å². The average Bonchev–Trinajstić information content (AvgIpc) is 3.55. The topological polar surface area (TPSA) is 125 Å². The van der Waals surface area contributed by atoms with Crippen molar-refractivity contribution in [1.29, 1.82) is 0 Å². The van der Waals surface area contributed by atoms with E-state index in [1.165, 1.54) is 0 Å². The van der Waals surface area contributed by atoms with Crippen LogP contribution >= 0.6 is 0 Å². The fraction of sp³-hybridized carbons (Fsp3) is 0.600. The van der Waals surface area contributed by atoms with Crippen LogP contribution in [-0.2, 0) is 25.7 Å². The summed E-state index contributed by atoms with van der Waals surface area (Å²) in [4.78, 5) is 54.9. The molecule has 2 heterocycles. The van der Waals surface area contributed by atoms with E-state index < -0.39 is 18.1 Å². The summed E-state index contributed by atoms with van der Waals surface area (Å²) in [5, 5.41) is 5.76. The number of hydrogen-bond acceptors (Lipinski definition) is 5. The summed E-state index contributed by atoms with van der Waals surface area (Å²) >= 11 is 0. The highest BCUT2D eigenvalue weighted by atomic mass is 16.2. The van der Waals surface area contributed by atoms with Gasteiger partial charge in [-0.2, -0.15) is 0 Å². The maximum atomic E-state index is 13.3. The third-order valence-corrected chi connectivity index (χ3v) is 6.64. The molecule has 0 radical (unpaired) electrons. The van der Waals surface area contributed by atoms with Gasteiger partial charge in [0.25, 0.3) is 0 Å². The lowest BCUT2D eigenvalue weighted by Gasteiger charge is -2.31. The van der Waals surface area contributed by atoms with Crippen LogP contribution in [0.2, 0.25) is 0 Å². The van der Waals surface area contributed by atoms with Gasteiger partial charge in [-0.1, -0.05) is 37.3 Å². The van der Waals surface area contributed by atoms with E-state index in [9.17, 15) is 19.2 Å². The van der Waals surface area contributed by atoms with Crippen molar-refractivity contribution < 1.29 is 19.2 Å². The standard InChI is InChI=1S/C25H37N5O4/c1-2-22(31)29-15-8-13-21(29)25(34)30-16-7-12-20(30)24(33)28-19(11-6-14-26)23(32)27-17-18-9-4-3-5-10-18/h3-5,9-10,19-21H,2,6-8,11-17,26H2,1H3,(H,27,32)(H,28,33)/t19-,20-,21+/m0/s1. The molecule has 2 aliphatic heterocycles. The van der Waals surface area contributed by atoms with Gasteiger partial charge in [0.15, 0.2) is 0 Å². The molecule has 0 aliphatic carbocycles. The Morgan fingerprint density at radius 3 is 2.38 bits per heavy atom. The fourth-order valence-electron chi connectivity index (χ4n) is 4.79. The lowest BCUT2D eigenvalue weighted by atomic mass is 10.1. The minimum Gasteiger partial charge on any atom is -0.350 e. The van der Waals surface area contributed by atoms with Gasteiger partial charge >= 0.3 is 0 Å². The van der Waals surface area contributed by atoms with Crippen molar-refractivity contribution in [3.63, 3.8) is 0 Å². The summed E-state index contributed by atoms with van der Waals surface area (Å²) in [6.45, 7) is 3.63. The smallest absolute Gasteiger partial charge is 0.246 e. The summed E-state index contributed by atoms with van der Waals surface area (Å²) in [6, 6.07) is 7.71. The third kappa shape index (κ3) is 6.34. The minimum atomic E-state index is -0.720. The molecule has 0 spiro atoms. The molecule has 0 saturated carbocycles. The van der Waals surface area contributed by atoms with Gasteiger partial charge in [0, 0.05) is 26.1 Å². The van der Waals surface area contributed by atoms with Crippen LogP contribution in [0.5, 0.6) is 0 Å². The molecular formula is C25H37N5O4. The number of likely N-dealkylation sites (tertiary alicyclic amines) is 2. The maximum Gasteiger partial charge on any atom is 0.246 e. The Labute approximate surface area is 201 Å². The average molecular weight is 472 g/mol. The molecule has 4 N–H and O–H groups in total. The van der Waals surface area contributed by atoms with E-state index in [4.69, 9.17) is 5.73 Å². The molecule has 1 aromatic rings. The molecule has 2 saturated heterocycles. The first-order valence-electron chi connectivity index (χ1n) is 12.4. The van der Waals surface area contributed by atoms with E-state index in [0.29, 0.717) is 64.7 Å². The van der Waals surface area contributed by atoms with Crippen molar-refractivity contribution >= 4 is 23.6 Å². The maximum absolute atomic E-state index is 13.3. The molecule has 0 aromatic heterocycles. The van der Waals surface area contributed by atoms with Gasteiger partial charge in [-0.3, -0.25) is 19.2 Å². The zero-order chi connectivity index (χ0) is 24.5. The third-order valence-electron chi connectivity index (χ3n) is 6.64. The monoisotopic (exact) mass is 471 g/mol. The molecule has 186 valence electrons. The van der Waals surface area contributed by atoms with Crippen LogP contribution in [0.3, 0.4) is 0 Å². The predicted octanol–water partition coefficient (Wildman–Crippen LogP) is 0.919. The van der Waals surface area contributed by atoms with Crippen LogP contribution in [-0.4, -0.2) is 71.2 Å². The van der Waals surface area contributed by atoms with Crippen molar-refractivity contribution in [1.82, 2.24) is 20.4 Å². The summed E-state index contributed by atoms with van der Waals surface area (Å²) in [7, 11) is 0. The van der Waals surface area contributed by atoms with E-state index >= 15 is 0 Å². The summed E-state index contributed by atoms with van der Waals surface area (Å²) < 4.78 is 0. The van der Waals surface area contributed by atoms with Crippen molar-refractivity contribution in [3.8, 4) is 0 Å². The second-order valence-corrected chi connectivity index (χ2v) is 8.98. The molecule has 34 heavy (non-hydrogen) atoms. The highest BCUT2D eigenvalue weighted by Gasteiger charge is 2.42. The predicted molar refractivity (Wildman–Crippen MR) is 128 cm³/mol. The Kier molecular flexibility index (Phi) is 9.44. The number of carbonyl (C=O) groups excluding carboxylic acids is 4. The Bertz CT molecular complexity index is 862. The number of rotatable bonds is 10. The number of nitrogens with one attached hydrogen (secondary N) is 2. The van der Waals surface area contributed by atoms with Crippen molar-refractivity contribution in [2.24, 2.45) is 5.73 Å². The molecule has 0 unspecified atom stereocenters. The van der Waals surface area contributed by atoms with Crippen molar-refractivity contribution in [2.75, 3.05) is 19.6 Å². The van der Waals surface area contributed by atoms with Gasteiger partial charge in [-0.15, -0.1) is 0 Å². The second kappa shape index (κ2) is 12.5. The van der Waals surface area contributed by atoms with Gasteiger partial charge in [-0.25, -0.2) is 0 Å². The van der Waals surface area contributed by atoms with Gasteiger partial charge < -0.3 is 26.2 Å². The van der Waals surface area contributed by atoms with Gasteiger partial charge in [0.05, 0.1) is 0 Å². The van der Waals surface area contributed by atoms with Gasteiger partial charge in [-0.05, 0) is 50.6 Å². The molecule has 9 heteroatoms. The molecule has 2 aliphatic rings. The van der Waals surface area contributed by atoms with Crippen LogP contribution in [0.25, 0.3) is 0 Å². The summed E-state index contributed by atoms with van der Waals surface area (Å²) in [5.74, 6) is -0.789. The molecule has 3 atom stereocenters. The van der Waals surface area contributed by atoms with Crippen LogP contribution in [0.1, 0.15) is 57.4 Å². The molecule has 2 fully saturated rings. The van der Waals surface area contributed by atoms with E-state index in [1.807, 2.05) is 30.3 Å². The van der Waals surface area contributed by atoms with E-state index in [-0.39, 0.29) is 23.6 Å². The van der Waals surface area contributed by atoms with Crippen molar-refractivity contribution in [2.45, 2.75) is 76.5 Å². The molecule has 0 bridgehead atoms. The quantitative estimate of drug-likeness (QED) is 0.468. The van der Waals surface area contributed by atoms with Crippen LogP contribution in [0.15, 0.2) is 30.3 Å². The number of amides is 4. The molecule has 1 aromatic carbocycles. The Morgan fingerprint density at radius 1 is 1.03 bits per heavy atom. The molecule has 4 amide bonds. The first-order valence-corrected chi connectivity index (χ1v) is 12.4. The number of hydrogen-bond donors (Lipinski definition) is 3. The SMILES string of the molecule is CCC(=O)N1CCC[C@@H]1C(=O)N1CCC[C@H]1C(=O)N[C@@H](CCCN)C(=O)NCc1ccccc1.